The highest BCUT2D eigenvalue weighted by Gasteiger charge is 2.38. The van der Waals surface area contributed by atoms with Crippen LogP contribution in [0.25, 0.3) is 0 Å². The van der Waals surface area contributed by atoms with E-state index >= 15 is 0 Å². The van der Waals surface area contributed by atoms with Crippen molar-refractivity contribution in [2.24, 2.45) is 4.99 Å². The van der Waals surface area contributed by atoms with Gasteiger partial charge in [-0.15, -0.1) is 0 Å². The van der Waals surface area contributed by atoms with Crippen LogP contribution in [0.2, 0.25) is 0 Å². The Morgan fingerprint density at radius 2 is 2.00 bits per heavy atom. The predicted molar refractivity (Wildman–Crippen MR) is 102 cm³/mol. The Kier molecular flexibility index (Phi) is 5.77. The van der Waals surface area contributed by atoms with Crippen LogP contribution in [-0.2, 0) is 5.41 Å². The molecular weight excluding hydrogens is 296 g/mol. The highest BCUT2D eigenvalue weighted by atomic mass is 15.2. The summed E-state index contributed by atoms with van der Waals surface area (Å²) < 4.78 is 0. The minimum absolute atomic E-state index is 0.258. The van der Waals surface area contributed by atoms with Gasteiger partial charge < -0.3 is 15.5 Å². The van der Waals surface area contributed by atoms with Gasteiger partial charge in [0.25, 0.3) is 0 Å². The summed E-state index contributed by atoms with van der Waals surface area (Å²) in [6.07, 6.45) is 6.43. The van der Waals surface area contributed by atoms with Crippen molar-refractivity contribution in [1.29, 1.82) is 0 Å². The summed E-state index contributed by atoms with van der Waals surface area (Å²) in [7, 11) is 2.22. The number of nitrogens with zero attached hydrogens (tertiary/aromatic N) is 2. The van der Waals surface area contributed by atoms with Crippen molar-refractivity contribution in [3.05, 3.63) is 35.9 Å². The second-order valence-corrected chi connectivity index (χ2v) is 7.35. The van der Waals surface area contributed by atoms with Gasteiger partial charge >= 0.3 is 0 Å². The van der Waals surface area contributed by atoms with E-state index < -0.39 is 0 Å². The number of benzene rings is 1. The normalized spacial score (nSPS) is 23.8. The molecule has 2 N–H and O–H groups in total. The Bertz CT molecular complexity index is 536. The lowest BCUT2D eigenvalue weighted by Gasteiger charge is -2.41. The van der Waals surface area contributed by atoms with E-state index in [1.165, 1.54) is 44.2 Å². The summed E-state index contributed by atoms with van der Waals surface area (Å²) >= 11 is 0. The Balaban J connectivity index is 1.62. The molecule has 2 fully saturated rings. The fraction of sp³-hybridized carbons (Fsp3) is 0.650. The number of likely N-dealkylation sites (tertiary alicyclic amines) is 1. The molecule has 24 heavy (non-hydrogen) atoms. The van der Waals surface area contributed by atoms with Gasteiger partial charge in [0.05, 0.1) is 6.54 Å². The zero-order chi connectivity index (χ0) is 16.8. The van der Waals surface area contributed by atoms with Crippen molar-refractivity contribution in [2.45, 2.75) is 50.5 Å². The monoisotopic (exact) mass is 328 g/mol. The average Bonchev–Trinajstić information content (AvgIpc) is 2.97. The summed E-state index contributed by atoms with van der Waals surface area (Å²) in [6.45, 7) is 6.13. The highest BCUT2D eigenvalue weighted by Crippen LogP contribution is 2.43. The van der Waals surface area contributed by atoms with E-state index in [1.54, 1.807) is 0 Å². The summed E-state index contributed by atoms with van der Waals surface area (Å²) in [5.41, 5.74) is 1.71. The Morgan fingerprint density at radius 3 is 2.58 bits per heavy atom. The fourth-order valence-corrected chi connectivity index (χ4v) is 3.96. The van der Waals surface area contributed by atoms with E-state index in [9.17, 15) is 0 Å². The molecule has 1 aromatic rings. The first-order valence-corrected chi connectivity index (χ1v) is 9.51. The van der Waals surface area contributed by atoms with Crippen molar-refractivity contribution in [3.8, 4) is 0 Å². The molecule has 1 unspecified atom stereocenters. The molecule has 0 radical (unpaired) electrons. The fourth-order valence-electron chi connectivity index (χ4n) is 3.96. The summed E-state index contributed by atoms with van der Waals surface area (Å²) in [5, 5.41) is 6.98. The van der Waals surface area contributed by atoms with E-state index in [1.807, 2.05) is 0 Å². The lowest BCUT2D eigenvalue weighted by Crippen LogP contribution is -2.45. The summed E-state index contributed by atoms with van der Waals surface area (Å²) in [5.74, 6) is 0.972. The van der Waals surface area contributed by atoms with Gasteiger partial charge in [-0.3, -0.25) is 4.99 Å². The Labute approximate surface area is 146 Å². The Morgan fingerprint density at radius 1 is 1.21 bits per heavy atom. The van der Waals surface area contributed by atoms with Crippen LogP contribution < -0.4 is 10.6 Å². The number of hydrogen-bond donors (Lipinski definition) is 2. The third kappa shape index (κ3) is 3.92. The standard InChI is InChI=1S/C20H32N4/c1-3-21-19(22-15-18-11-7-14-24(18)2)23-16-20(12-8-13-20)17-9-5-4-6-10-17/h4-6,9-10,18H,3,7-8,11-16H2,1-2H3,(H2,21,22,23). The first-order chi connectivity index (χ1) is 11.7. The molecule has 0 spiro atoms. The van der Waals surface area contributed by atoms with Gasteiger partial charge in [-0.2, -0.15) is 0 Å². The van der Waals surface area contributed by atoms with E-state index in [0.29, 0.717) is 6.04 Å². The first kappa shape index (κ1) is 17.3. The maximum Gasteiger partial charge on any atom is 0.191 e. The molecule has 0 bridgehead atoms. The maximum atomic E-state index is 4.95. The van der Waals surface area contributed by atoms with Crippen molar-refractivity contribution >= 4 is 5.96 Å². The molecule has 132 valence electrons. The van der Waals surface area contributed by atoms with Crippen molar-refractivity contribution in [2.75, 3.05) is 33.2 Å². The maximum absolute atomic E-state index is 4.95. The lowest BCUT2D eigenvalue weighted by atomic mass is 9.64. The molecule has 1 saturated heterocycles. The molecule has 1 saturated carbocycles. The van der Waals surface area contributed by atoms with Crippen LogP contribution in [0.5, 0.6) is 0 Å². The molecule has 4 heteroatoms. The number of likely N-dealkylation sites (N-methyl/N-ethyl adjacent to an activating group) is 1. The number of guanidine groups is 1. The number of aliphatic imine (C=N–C) groups is 1. The van der Waals surface area contributed by atoms with Gasteiger partial charge in [-0.1, -0.05) is 36.8 Å². The van der Waals surface area contributed by atoms with E-state index in [4.69, 9.17) is 4.99 Å². The minimum atomic E-state index is 0.258. The quantitative estimate of drug-likeness (QED) is 0.623. The van der Waals surface area contributed by atoms with Gasteiger partial charge in [0.1, 0.15) is 0 Å². The van der Waals surface area contributed by atoms with Crippen LogP contribution in [0.4, 0.5) is 0 Å². The number of hydrogen-bond acceptors (Lipinski definition) is 2. The van der Waals surface area contributed by atoms with Crippen LogP contribution in [0.3, 0.4) is 0 Å². The van der Waals surface area contributed by atoms with Crippen LogP contribution in [0.1, 0.15) is 44.6 Å². The van der Waals surface area contributed by atoms with Crippen LogP contribution in [0, 0.1) is 0 Å². The second-order valence-electron chi connectivity index (χ2n) is 7.35. The van der Waals surface area contributed by atoms with Gasteiger partial charge in [0, 0.05) is 24.5 Å². The molecule has 0 aromatic heterocycles. The SMILES string of the molecule is CCNC(=NCC1(c2ccccc2)CCC1)NCC1CCCN1C. The molecule has 4 nitrogen and oxygen atoms in total. The van der Waals surface area contributed by atoms with Crippen molar-refractivity contribution in [3.63, 3.8) is 0 Å². The molecule has 1 aliphatic carbocycles. The first-order valence-electron chi connectivity index (χ1n) is 9.51. The molecule has 1 atom stereocenters. The predicted octanol–water partition coefficient (Wildman–Crippen LogP) is 2.76. The van der Waals surface area contributed by atoms with Gasteiger partial charge in [-0.25, -0.2) is 0 Å². The van der Waals surface area contributed by atoms with Crippen molar-refractivity contribution < 1.29 is 0 Å². The van der Waals surface area contributed by atoms with E-state index in [-0.39, 0.29) is 5.41 Å². The van der Waals surface area contributed by atoms with Crippen LogP contribution >= 0.6 is 0 Å². The molecule has 0 amide bonds. The lowest BCUT2D eigenvalue weighted by molar-refractivity contribution is 0.253. The third-order valence-corrected chi connectivity index (χ3v) is 5.76. The van der Waals surface area contributed by atoms with Crippen LogP contribution in [-0.4, -0.2) is 50.1 Å². The Hall–Kier alpha value is -1.55. The van der Waals surface area contributed by atoms with E-state index in [2.05, 4.69) is 59.8 Å². The smallest absolute Gasteiger partial charge is 0.191 e. The number of nitrogens with one attached hydrogen (secondary N) is 2. The molecule has 2 aliphatic rings. The molecule has 3 rings (SSSR count). The van der Waals surface area contributed by atoms with E-state index in [0.717, 1.165) is 25.6 Å². The molecule has 1 aliphatic heterocycles. The largest absolute Gasteiger partial charge is 0.357 e. The molecule has 1 aromatic carbocycles. The number of rotatable bonds is 6. The zero-order valence-corrected chi connectivity index (χ0v) is 15.2. The average molecular weight is 329 g/mol. The third-order valence-electron chi connectivity index (χ3n) is 5.76. The highest BCUT2D eigenvalue weighted by molar-refractivity contribution is 5.79. The van der Waals surface area contributed by atoms with Crippen molar-refractivity contribution in [1.82, 2.24) is 15.5 Å². The molecule has 1 heterocycles. The zero-order valence-electron chi connectivity index (χ0n) is 15.2. The van der Waals surface area contributed by atoms with Crippen LogP contribution in [0.15, 0.2) is 35.3 Å². The molecular formula is C20H32N4. The van der Waals surface area contributed by atoms with Gasteiger partial charge in [-0.05, 0) is 51.8 Å². The second kappa shape index (κ2) is 8.02. The summed E-state index contributed by atoms with van der Waals surface area (Å²) in [6, 6.07) is 11.6. The topological polar surface area (TPSA) is 39.7 Å². The van der Waals surface area contributed by atoms with Gasteiger partial charge in [0.15, 0.2) is 5.96 Å². The summed E-state index contributed by atoms with van der Waals surface area (Å²) in [4.78, 5) is 7.40. The van der Waals surface area contributed by atoms with Gasteiger partial charge in [0.2, 0.25) is 0 Å². The minimum Gasteiger partial charge on any atom is -0.357 e.